The molecule has 0 aliphatic carbocycles. The predicted molar refractivity (Wildman–Crippen MR) is 84.5 cm³/mol. The van der Waals surface area contributed by atoms with Gasteiger partial charge in [0.05, 0.1) is 7.11 Å². The van der Waals surface area contributed by atoms with Crippen molar-refractivity contribution in [2.75, 3.05) is 13.7 Å². The van der Waals surface area contributed by atoms with Crippen molar-refractivity contribution in [3.63, 3.8) is 0 Å². The smallest absolute Gasteiger partial charge is 0.481 e. The third kappa shape index (κ3) is 5.07. The van der Waals surface area contributed by atoms with Crippen LogP contribution in [0.1, 0.15) is 24.8 Å². The van der Waals surface area contributed by atoms with Gasteiger partial charge < -0.3 is 15.2 Å². The molecule has 144 valence electrons. The van der Waals surface area contributed by atoms with Crippen molar-refractivity contribution in [3.05, 3.63) is 23.9 Å². The first-order chi connectivity index (χ1) is 12.2. The van der Waals surface area contributed by atoms with Crippen LogP contribution in [0, 0.1) is 0 Å². The Balaban J connectivity index is 0.000000298. The predicted octanol–water partition coefficient (Wildman–Crippen LogP) is 1.58. The van der Waals surface area contributed by atoms with Gasteiger partial charge >= 0.3 is 12.1 Å². The fourth-order valence-corrected chi connectivity index (χ4v) is 3.17. The number of ether oxygens (including phenoxy) is 1. The molecule has 0 spiro atoms. The lowest BCUT2D eigenvalue weighted by molar-refractivity contribution is -0.192. The number of amides is 1. The van der Waals surface area contributed by atoms with Crippen molar-refractivity contribution in [2.24, 2.45) is 0 Å². The number of aromatic nitrogens is 1. The molecule has 2 fully saturated rings. The fourth-order valence-electron chi connectivity index (χ4n) is 3.17. The van der Waals surface area contributed by atoms with E-state index in [9.17, 15) is 18.0 Å². The van der Waals surface area contributed by atoms with Gasteiger partial charge in [0.2, 0.25) is 11.8 Å². The number of hydrogen-bond acceptors (Lipinski definition) is 5. The van der Waals surface area contributed by atoms with Gasteiger partial charge in [-0.05, 0) is 18.9 Å². The average molecular weight is 375 g/mol. The number of fused-ring (bicyclic) bond motifs is 1. The molecule has 3 heterocycles. The summed E-state index contributed by atoms with van der Waals surface area (Å²) in [5.41, 5.74) is 1.11. The first-order valence-electron chi connectivity index (χ1n) is 8.03. The van der Waals surface area contributed by atoms with Gasteiger partial charge in [0.25, 0.3) is 0 Å². The van der Waals surface area contributed by atoms with Gasteiger partial charge in [-0.25, -0.2) is 9.78 Å². The van der Waals surface area contributed by atoms with E-state index in [1.807, 2.05) is 6.07 Å². The van der Waals surface area contributed by atoms with Crippen LogP contribution in [-0.4, -0.2) is 58.8 Å². The van der Waals surface area contributed by atoms with E-state index in [0.717, 1.165) is 31.5 Å². The Morgan fingerprint density at radius 2 is 2.15 bits per heavy atom. The zero-order valence-corrected chi connectivity index (χ0v) is 14.1. The summed E-state index contributed by atoms with van der Waals surface area (Å²) in [6, 6.07) is 4.78. The highest BCUT2D eigenvalue weighted by molar-refractivity contribution is 5.77. The van der Waals surface area contributed by atoms with Gasteiger partial charge in [0.1, 0.15) is 0 Å². The second kappa shape index (κ2) is 8.35. The van der Waals surface area contributed by atoms with E-state index < -0.39 is 12.1 Å². The number of halogens is 3. The maximum atomic E-state index is 11.4. The van der Waals surface area contributed by atoms with E-state index in [2.05, 4.69) is 21.3 Å². The molecule has 0 aromatic carbocycles. The summed E-state index contributed by atoms with van der Waals surface area (Å²) < 4.78 is 37.0. The zero-order chi connectivity index (χ0) is 19.3. The summed E-state index contributed by atoms with van der Waals surface area (Å²) in [5, 5.41) is 10.2. The number of carboxylic acid groups (broad SMARTS) is 1. The van der Waals surface area contributed by atoms with Crippen molar-refractivity contribution in [2.45, 2.75) is 44.1 Å². The zero-order valence-electron chi connectivity index (χ0n) is 14.1. The number of piperidine rings is 1. The Kier molecular flexibility index (Phi) is 6.41. The first kappa shape index (κ1) is 20.0. The van der Waals surface area contributed by atoms with Crippen LogP contribution in [0.15, 0.2) is 18.3 Å². The molecule has 7 nitrogen and oxygen atoms in total. The molecule has 1 aromatic heterocycles. The van der Waals surface area contributed by atoms with Crippen molar-refractivity contribution >= 4 is 11.9 Å². The summed E-state index contributed by atoms with van der Waals surface area (Å²) in [6.45, 7) is 1.86. The molecule has 0 saturated carbocycles. The minimum absolute atomic E-state index is 0.196. The van der Waals surface area contributed by atoms with Crippen molar-refractivity contribution in [3.8, 4) is 5.88 Å². The maximum absolute atomic E-state index is 11.4. The average Bonchev–Trinajstić information content (AvgIpc) is 2.97. The van der Waals surface area contributed by atoms with Gasteiger partial charge in [-0.1, -0.05) is 6.07 Å². The number of pyridine rings is 1. The van der Waals surface area contributed by atoms with Gasteiger partial charge in [-0.15, -0.1) is 0 Å². The second-order valence-electron chi connectivity index (χ2n) is 6.01. The first-order valence-corrected chi connectivity index (χ1v) is 8.03. The maximum Gasteiger partial charge on any atom is 0.490 e. The third-order valence-corrected chi connectivity index (χ3v) is 4.33. The molecule has 1 amide bonds. The van der Waals surface area contributed by atoms with Crippen molar-refractivity contribution < 1.29 is 32.6 Å². The van der Waals surface area contributed by atoms with Crippen LogP contribution in [0.2, 0.25) is 0 Å². The molecule has 2 aliphatic heterocycles. The van der Waals surface area contributed by atoms with E-state index >= 15 is 0 Å². The van der Waals surface area contributed by atoms with E-state index in [-0.39, 0.29) is 5.91 Å². The highest BCUT2D eigenvalue weighted by atomic mass is 19.4. The molecule has 10 heteroatoms. The summed E-state index contributed by atoms with van der Waals surface area (Å²) >= 11 is 0. The highest BCUT2D eigenvalue weighted by Gasteiger charge is 2.39. The fraction of sp³-hybridized carbons (Fsp3) is 0.562. The van der Waals surface area contributed by atoms with Crippen LogP contribution < -0.4 is 10.1 Å². The lowest BCUT2D eigenvalue weighted by Gasteiger charge is -2.32. The summed E-state index contributed by atoms with van der Waals surface area (Å²) in [6.07, 6.45) is -0.699. The SMILES string of the molecule is COc1ncccc1CN1CC[C@@H]2NC(=O)CC[C@@H]21.O=C(O)C(F)(F)F. The summed E-state index contributed by atoms with van der Waals surface area (Å²) in [5.74, 6) is -1.86. The molecular weight excluding hydrogens is 355 g/mol. The minimum Gasteiger partial charge on any atom is -0.481 e. The lowest BCUT2D eigenvalue weighted by atomic mass is 9.99. The topological polar surface area (TPSA) is 91.8 Å². The van der Waals surface area contributed by atoms with Gasteiger partial charge in [-0.3, -0.25) is 9.69 Å². The highest BCUT2D eigenvalue weighted by Crippen LogP contribution is 2.28. The van der Waals surface area contributed by atoms with Gasteiger partial charge in [-0.2, -0.15) is 13.2 Å². The molecule has 0 bridgehead atoms. The monoisotopic (exact) mass is 375 g/mol. The number of methoxy groups -OCH3 is 1. The van der Waals surface area contributed by atoms with Crippen LogP contribution in [0.25, 0.3) is 0 Å². The lowest BCUT2D eigenvalue weighted by Crippen LogP contribution is -2.49. The molecule has 0 unspecified atom stereocenters. The summed E-state index contributed by atoms with van der Waals surface area (Å²) in [4.78, 5) is 27.0. The quantitative estimate of drug-likeness (QED) is 0.834. The number of carbonyl (C=O) groups excluding carboxylic acids is 1. The Labute approximate surface area is 148 Å². The Hall–Kier alpha value is -2.36. The number of alkyl halides is 3. The molecule has 0 radical (unpaired) electrons. The number of likely N-dealkylation sites (tertiary alicyclic amines) is 1. The van der Waals surface area contributed by atoms with E-state index in [1.165, 1.54) is 0 Å². The van der Waals surface area contributed by atoms with Crippen LogP contribution >= 0.6 is 0 Å². The van der Waals surface area contributed by atoms with Crippen molar-refractivity contribution in [1.29, 1.82) is 0 Å². The molecular formula is C16H20F3N3O4. The third-order valence-electron chi connectivity index (χ3n) is 4.33. The molecule has 1 aromatic rings. The van der Waals surface area contributed by atoms with E-state index in [1.54, 1.807) is 13.3 Å². The Bertz CT molecular complexity index is 654. The molecule has 3 rings (SSSR count). The van der Waals surface area contributed by atoms with Crippen LogP contribution in [-0.2, 0) is 16.1 Å². The number of hydrogen-bond donors (Lipinski definition) is 2. The van der Waals surface area contributed by atoms with Gasteiger partial charge in [0, 0.05) is 43.4 Å². The number of nitrogens with zero attached hydrogens (tertiary/aromatic N) is 2. The number of nitrogens with one attached hydrogen (secondary N) is 1. The van der Waals surface area contributed by atoms with Crippen molar-refractivity contribution in [1.82, 2.24) is 15.2 Å². The molecule has 2 N–H and O–H groups in total. The Morgan fingerprint density at radius 3 is 2.77 bits per heavy atom. The molecule has 2 aliphatic rings. The van der Waals surface area contributed by atoms with E-state index in [0.29, 0.717) is 24.4 Å². The largest absolute Gasteiger partial charge is 0.490 e. The van der Waals surface area contributed by atoms with Crippen LogP contribution in [0.4, 0.5) is 13.2 Å². The number of aliphatic carboxylic acids is 1. The van der Waals surface area contributed by atoms with Gasteiger partial charge in [0.15, 0.2) is 0 Å². The number of carbonyl (C=O) groups is 2. The number of carboxylic acids is 1. The van der Waals surface area contributed by atoms with Crippen LogP contribution in [0.5, 0.6) is 5.88 Å². The standard InChI is InChI=1S/C14H19N3O2.C2HF3O2/c1-19-14-10(3-2-7-15-14)9-17-8-6-11-12(17)4-5-13(18)16-11;3-2(4,5)1(6)7/h2-3,7,11-12H,4-6,8-9H2,1H3,(H,16,18);(H,6,7)/t11-,12-;/m0./s1. The van der Waals surface area contributed by atoms with Crippen LogP contribution in [0.3, 0.4) is 0 Å². The second-order valence-corrected chi connectivity index (χ2v) is 6.01. The molecule has 26 heavy (non-hydrogen) atoms. The normalized spacial score (nSPS) is 22.7. The minimum atomic E-state index is -5.08. The van der Waals surface area contributed by atoms with E-state index in [4.69, 9.17) is 14.6 Å². The molecule has 2 saturated heterocycles. The Morgan fingerprint density at radius 1 is 1.46 bits per heavy atom. The molecule has 2 atom stereocenters. The number of rotatable bonds is 3. The summed E-state index contributed by atoms with van der Waals surface area (Å²) in [7, 11) is 1.65.